The van der Waals surface area contributed by atoms with Crippen molar-refractivity contribution in [2.75, 3.05) is 26.8 Å². The fourth-order valence-electron chi connectivity index (χ4n) is 4.56. The van der Waals surface area contributed by atoms with Gasteiger partial charge in [0.05, 0.1) is 18.2 Å². The summed E-state index contributed by atoms with van der Waals surface area (Å²) in [5.74, 6) is 2.20. The monoisotopic (exact) mass is 457 g/mol. The van der Waals surface area contributed by atoms with Gasteiger partial charge in [-0.2, -0.15) is 5.26 Å². The third-order valence-electron chi connectivity index (χ3n) is 6.55. The highest BCUT2D eigenvalue weighted by Crippen LogP contribution is 2.31. The van der Waals surface area contributed by atoms with Gasteiger partial charge in [-0.3, -0.25) is 4.79 Å². The number of ether oxygens (including phenoxy) is 1. The fraction of sp³-hybridized carbons (Fsp3) is 0.407. The number of aromatic amines is 1. The molecule has 1 aromatic heterocycles. The van der Waals surface area contributed by atoms with Crippen LogP contribution in [0.3, 0.4) is 0 Å². The molecule has 1 fully saturated rings. The molecule has 0 aliphatic carbocycles. The minimum Gasteiger partial charge on any atom is -0.384 e. The molecule has 176 valence electrons. The van der Waals surface area contributed by atoms with E-state index in [9.17, 15) is 4.79 Å². The van der Waals surface area contributed by atoms with Crippen LogP contribution in [0, 0.1) is 11.3 Å². The van der Waals surface area contributed by atoms with E-state index >= 15 is 0 Å². The van der Waals surface area contributed by atoms with Crippen molar-refractivity contribution in [2.45, 2.75) is 44.9 Å². The van der Waals surface area contributed by atoms with E-state index in [1.165, 1.54) is 5.56 Å². The van der Waals surface area contributed by atoms with Crippen LogP contribution < -0.4 is 0 Å². The van der Waals surface area contributed by atoms with E-state index in [0.717, 1.165) is 29.8 Å². The lowest BCUT2D eigenvalue weighted by Gasteiger charge is -2.32. The van der Waals surface area contributed by atoms with Gasteiger partial charge < -0.3 is 14.6 Å². The fourth-order valence-corrected chi connectivity index (χ4v) is 4.56. The second kappa shape index (κ2) is 10.6. The van der Waals surface area contributed by atoms with Crippen molar-refractivity contribution in [3.8, 4) is 17.5 Å². The lowest BCUT2D eigenvalue weighted by molar-refractivity contribution is 0.0713. The molecule has 7 nitrogen and oxygen atoms in total. The Balaban J connectivity index is 1.49. The number of hydrogen-bond donors (Lipinski definition) is 1. The number of carbonyl (C=O) groups is 1. The maximum Gasteiger partial charge on any atom is 0.253 e. The average Bonchev–Trinajstić information content (AvgIpc) is 3.35. The predicted octanol–water partition coefficient (Wildman–Crippen LogP) is 4.68. The normalized spacial score (nSPS) is 14.4. The highest BCUT2D eigenvalue weighted by molar-refractivity contribution is 5.95. The molecule has 1 aliphatic heterocycles. The van der Waals surface area contributed by atoms with Crippen LogP contribution in [-0.4, -0.2) is 52.8 Å². The minimum atomic E-state index is 0.0500. The Morgan fingerprint density at radius 3 is 2.56 bits per heavy atom. The summed E-state index contributed by atoms with van der Waals surface area (Å²) in [5.41, 5.74) is 4.64. The number of rotatable bonds is 7. The molecule has 0 unspecified atom stereocenters. The standard InChI is InChI=1S/C27H31N5O2/c1-18(2)23-9-8-22(16-24(23)26-29-25(30-31-26)12-15-34-3)27(33)32-13-10-21(11-14-32)20-6-4-19(17-28)5-7-20/h4-9,16,18,21H,10-15H2,1-3H3,(H,29,30,31). The van der Waals surface area contributed by atoms with Crippen molar-refractivity contribution in [1.29, 1.82) is 5.26 Å². The number of benzene rings is 2. The summed E-state index contributed by atoms with van der Waals surface area (Å²) in [7, 11) is 1.66. The van der Waals surface area contributed by atoms with Gasteiger partial charge in [-0.05, 0) is 60.1 Å². The Kier molecular flexibility index (Phi) is 7.39. The van der Waals surface area contributed by atoms with E-state index in [1.807, 2.05) is 47.4 Å². The first-order valence-electron chi connectivity index (χ1n) is 11.8. The molecule has 7 heteroatoms. The van der Waals surface area contributed by atoms with Crippen molar-refractivity contribution in [2.24, 2.45) is 0 Å². The lowest BCUT2D eigenvalue weighted by Crippen LogP contribution is -2.38. The van der Waals surface area contributed by atoms with E-state index in [-0.39, 0.29) is 11.8 Å². The number of methoxy groups -OCH3 is 1. The summed E-state index contributed by atoms with van der Waals surface area (Å²) < 4.78 is 5.14. The smallest absolute Gasteiger partial charge is 0.253 e. The van der Waals surface area contributed by atoms with Gasteiger partial charge in [-0.1, -0.05) is 32.0 Å². The van der Waals surface area contributed by atoms with Gasteiger partial charge in [0.25, 0.3) is 5.91 Å². The Bertz CT molecular complexity index is 1170. The van der Waals surface area contributed by atoms with Crippen LogP contribution in [0.15, 0.2) is 42.5 Å². The zero-order chi connectivity index (χ0) is 24.1. The molecule has 0 spiro atoms. The summed E-state index contributed by atoms with van der Waals surface area (Å²) in [5, 5.41) is 17.6. The summed E-state index contributed by atoms with van der Waals surface area (Å²) in [6.07, 6.45) is 2.49. The van der Waals surface area contributed by atoms with Gasteiger partial charge in [0, 0.05) is 37.7 Å². The predicted molar refractivity (Wildman–Crippen MR) is 131 cm³/mol. The van der Waals surface area contributed by atoms with Crippen molar-refractivity contribution < 1.29 is 9.53 Å². The number of carbonyl (C=O) groups excluding carboxylic acids is 1. The number of nitriles is 1. The number of aromatic nitrogens is 3. The van der Waals surface area contributed by atoms with E-state index in [2.05, 4.69) is 35.1 Å². The van der Waals surface area contributed by atoms with Crippen molar-refractivity contribution in [3.05, 3.63) is 70.5 Å². The first-order valence-corrected chi connectivity index (χ1v) is 11.8. The molecule has 0 bridgehead atoms. The third-order valence-corrected chi connectivity index (χ3v) is 6.55. The molecule has 2 heterocycles. The summed E-state index contributed by atoms with van der Waals surface area (Å²) in [4.78, 5) is 18.6. The van der Waals surface area contributed by atoms with Crippen LogP contribution in [0.2, 0.25) is 0 Å². The van der Waals surface area contributed by atoms with E-state index in [0.29, 0.717) is 49.0 Å². The zero-order valence-corrected chi connectivity index (χ0v) is 20.0. The molecular formula is C27H31N5O2. The quantitative estimate of drug-likeness (QED) is 0.556. The Morgan fingerprint density at radius 2 is 1.91 bits per heavy atom. The first kappa shape index (κ1) is 23.7. The van der Waals surface area contributed by atoms with Crippen LogP contribution in [0.1, 0.15) is 71.4 Å². The highest BCUT2D eigenvalue weighted by atomic mass is 16.5. The third kappa shape index (κ3) is 5.18. The summed E-state index contributed by atoms with van der Waals surface area (Å²) >= 11 is 0. The number of hydrogen-bond acceptors (Lipinski definition) is 5. The number of nitrogens with zero attached hydrogens (tertiary/aromatic N) is 4. The van der Waals surface area contributed by atoms with Gasteiger partial charge in [0.15, 0.2) is 5.82 Å². The molecular weight excluding hydrogens is 426 g/mol. The molecule has 0 atom stereocenters. The van der Waals surface area contributed by atoms with Crippen LogP contribution >= 0.6 is 0 Å². The van der Waals surface area contributed by atoms with Gasteiger partial charge in [-0.15, -0.1) is 10.2 Å². The molecule has 0 radical (unpaired) electrons. The number of likely N-dealkylation sites (tertiary alicyclic amines) is 1. The van der Waals surface area contributed by atoms with Crippen molar-refractivity contribution >= 4 is 5.91 Å². The number of H-pyrrole nitrogens is 1. The van der Waals surface area contributed by atoms with Gasteiger partial charge in [-0.25, -0.2) is 0 Å². The van der Waals surface area contributed by atoms with Crippen molar-refractivity contribution in [1.82, 2.24) is 20.1 Å². The van der Waals surface area contributed by atoms with E-state index < -0.39 is 0 Å². The van der Waals surface area contributed by atoms with Crippen LogP contribution in [0.25, 0.3) is 11.4 Å². The molecule has 4 rings (SSSR count). The molecule has 0 saturated carbocycles. The molecule has 1 saturated heterocycles. The SMILES string of the molecule is COCCc1nnc(-c2cc(C(=O)N3CCC(c4ccc(C#N)cc4)CC3)ccc2C(C)C)[nH]1. The lowest BCUT2D eigenvalue weighted by atomic mass is 9.88. The maximum absolute atomic E-state index is 13.4. The van der Waals surface area contributed by atoms with Gasteiger partial charge in [0.1, 0.15) is 5.82 Å². The topological polar surface area (TPSA) is 94.9 Å². The second-order valence-corrected chi connectivity index (χ2v) is 9.12. The van der Waals surface area contributed by atoms with Crippen LogP contribution in [0.5, 0.6) is 0 Å². The average molecular weight is 458 g/mol. The Morgan fingerprint density at radius 1 is 1.18 bits per heavy atom. The molecule has 2 aromatic carbocycles. The van der Waals surface area contributed by atoms with Crippen LogP contribution in [-0.2, 0) is 11.2 Å². The zero-order valence-electron chi connectivity index (χ0n) is 20.0. The molecule has 34 heavy (non-hydrogen) atoms. The second-order valence-electron chi connectivity index (χ2n) is 9.12. The van der Waals surface area contributed by atoms with E-state index in [4.69, 9.17) is 10.00 Å². The molecule has 3 aromatic rings. The number of piperidine rings is 1. The number of amides is 1. The highest BCUT2D eigenvalue weighted by Gasteiger charge is 2.25. The number of nitrogens with one attached hydrogen (secondary N) is 1. The maximum atomic E-state index is 13.4. The van der Waals surface area contributed by atoms with Crippen molar-refractivity contribution in [3.63, 3.8) is 0 Å². The first-order chi connectivity index (χ1) is 16.5. The molecule has 1 amide bonds. The summed E-state index contributed by atoms with van der Waals surface area (Å²) in [6, 6.07) is 15.9. The molecule has 1 aliphatic rings. The molecule has 1 N–H and O–H groups in total. The van der Waals surface area contributed by atoms with Gasteiger partial charge in [0.2, 0.25) is 0 Å². The Hall–Kier alpha value is -3.50. The summed E-state index contributed by atoms with van der Waals surface area (Å²) in [6.45, 7) is 6.28. The van der Waals surface area contributed by atoms with Crippen LogP contribution in [0.4, 0.5) is 0 Å². The van der Waals surface area contributed by atoms with E-state index in [1.54, 1.807) is 7.11 Å². The van der Waals surface area contributed by atoms with Gasteiger partial charge >= 0.3 is 0 Å². The minimum absolute atomic E-state index is 0.0500. The largest absolute Gasteiger partial charge is 0.384 e. The Labute approximate surface area is 200 Å².